The molecule has 3 nitrogen and oxygen atoms in total. The zero-order valence-corrected chi connectivity index (χ0v) is 18.2. The van der Waals surface area contributed by atoms with E-state index in [1.807, 2.05) is 30.4 Å². The van der Waals surface area contributed by atoms with E-state index in [1.165, 1.54) is 35.3 Å². The molecule has 1 aromatic heterocycles. The van der Waals surface area contributed by atoms with Gasteiger partial charge in [0.1, 0.15) is 5.75 Å². The summed E-state index contributed by atoms with van der Waals surface area (Å²) >= 11 is 3.59. The minimum absolute atomic E-state index is 0.0568. The molecular weight excluding hydrogens is 386 g/mol. The van der Waals surface area contributed by atoms with Crippen LogP contribution < -0.4 is 10.1 Å². The van der Waals surface area contributed by atoms with Gasteiger partial charge >= 0.3 is 0 Å². The number of thiophene rings is 1. The molecule has 0 spiro atoms. The Labute approximate surface area is 175 Å². The smallest absolute Gasteiger partial charge is 0.257 e. The van der Waals surface area contributed by atoms with Crippen molar-refractivity contribution in [2.24, 2.45) is 5.92 Å². The van der Waals surface area contributed by atoms with Crippen molar-refractivity contribution in [2.75, 3.05) is 13.2 Å². The molecule has 148 valence electrons. The van der Waals surface area contributed by atoms with Crippen molar-refractivity contribution in [1.82, 2.24) is 5.32 Å². The Bertz CT molecular complexity index is 883. The summed E-state index contributed by atoms with van der Waals surface area (Å²) < 4.78 is 5.47. The normalized spacial score (nSPS) is 18.1. The molecule has 1 amide bonds. The van der Waals surface area contributed by atoms with Gasteiger partial charge < -0.3 is 10.1 Å². The average molecular weight is 414 g/mol. The Hall–Kier alpha value is -1.72. The van der Waals surface area contributed by atoms with E-state index in [-0.39, 0.29) is 5.91 Å². The molecule has 5 heteroatoms. The number of ether oxygens (including phenoxy) is 1. The quantitative estimate of drug-likeness (QED) is 0.706. The van der Waals surface area contributed by atoms with Gasteiger partial charge in [-0.05, 0) is 73.4 Å². The van der Waals surface area contributed by atoms with Gasteiger partial charge in [0.15, 0.2) is 0 Å². The molecule has 2 aliphatic rings. The Morgan fingerprint density at radius 2 is 2.07 bits per heavy atom. The maximum atomic E-state index is 12.6. The first-order valence-electron chi connectivity index (χ1n) is 10.1. The molecule has 0 unspecified atom stereocenters. The largest absolute Gasteiger partial charge is 0.494 e. The van der Waals surface area contributed by atoms with E-state index in [4.69, 9.17) is 4.74 Å². The van der Waals surface area contributed by atoms with Crippen molar-refractivity contribution in [1.29, 1.82) is 0 Å². The Morgan fingerprint density at radius 1 is 1.25 bits per heavy atom. The number of rotatable bonds is 6. The van der Waals surface area contributed by atoms with Crippen LogP contribution >= 0.6 is 23.1 Å². The molecule has 4 rings (SSSR count). The zero-order valence-electron chi connectivity index (χ0n) is 16.5. The molecule has 1 aromatic carbocycles. The molecule has 1 N–H and O–H groups in total. The first-order chi connectivity index (χ1) is 13.6. The highest BCUT2D eigenvalue weighted by atomic mass is 32.2. The minimum atomic E-state index is 0.0568. The highest BCUT2D eigenvalue weighted by molar-refractivity contribution is 8.03. The molecule has 2 aromatic rings. The Morgan fingerprint density at radius 3 is 2.86 bits per heavy atom. The summed E-state index contributed by atoms with van der Waals surface area (Å²) in [4.78, 5) is 16.3. The number of fused-ring (bicyclic) bond motifs is 3. The Balaban J connectivity index is 1.35. The van der Waals surface area contributed by atoms with E-state index >= 15 is 0 Å². The summed E-state index contributed by atoms with van der Waals surface area (Å²) in [7, 11) is 0. The van der Waals surface area contributed by atoms with E-state index in [2.05, 4.69) is 30.4 Å². The summed E-state index contributed by atoms with van der Waals surface area (Å²) in [5.74, 6) is 2.67. The van der Waals surface area contributed by atoms with Crippen molar-refractivity contribution in [3.05, 3.63) is 55.6 Å². The molecule has 0 bridgehead atoms. The van der Waals surface area contributed by atoms with E-state index < -0.39 is 0 Å². The SMILES string of the molecule is CCOc1ccc(CCNC(=O)C2=Cc3sc4c(c3CS2)CC[C@@H](C)C4)cc1. The van der Waals surface area contributed by atoms with Crippen LogP contribution in [0.15, 0.2) is 29.2 Å². The minimum Gasteiger partial charge on any atom is -0.494 e. The average Bonchev–Trinajstić information content (AvgIpc) is 3.06. The molecule has 1 aliphatic carbocycles. The van der Waals surface area contributed by atoms with Gasteiger partial charge in [-0.2, -0.15) is 0 Å². The summed E-state index contributed by atoms with van der Waals surface area (Å²) in [6.45, 7) is 5.65. The van der Waals surface area contributed by atoms with Crippen LogP contribution in [0.2, 0.25) is 0 Å². The van der Waals surface area contributed by atoms with Gasteiger partial charge in [-0.3, -0.25) is 4.79 Å². The highest BCUT2D eigenvalue weighted by Crippen LogP contribution is 2.43. The molecular formula is C23H27NO2S2. The number of thioether (sulfide) groups is 1. The van der Waals surface area contributed by atoms with Crippen molar-refractivity contribution in [3.63, 3.8) is 0 Å². The molecule has 1 aliphatic heterocycles. The second-order valence-corrected chi connectivity index (χ2v) is 9.73. The second-order valence-electron chi connectivity index (χ2n) is 7.57. The van der Waals surface area contributed by atoms with Crippen LogP contribution in [0.3, 0.4) is 0 Å². The molecule has 0 saturated carbocycles. The fourth-order valence-corrected chi connectivity index (χ4v) is 6.56. The lowest BCUT2D eigenvalue weighted by molar-refractivity contribution is -0.116. The molecule has 0 fully saturated rings. The second kappa shape index (κ2) is 8.75. The van der Waals surface area contributed by atoms with Crippen LogP contribution in [0.4, 0.5) is 0 Å². The zero-order chi connectivity index (χ0) is 19.5. The van der Waals surface area contributed by atoms with Gasteiger partial charge in [-0.1, -0.05) is 19.1 Å². The van der Waals surface area contributed by atoms with Crippen LogP contribution in [0.5, 0.6) is 5.75 Å². The third-order valence-corrected chi connectivity index (χ3v) is 7.73. The number of benzene rings is 1. The van der Waals surface area contributed by atoms with Gasteiger partial charge in [-0.15, -0.1) is 23.1 Å². The number of hydrogen-bond donors (Lipinski definition) is 1. The van der Waals surface area contributed by atoms with Crippen molar-refractivity contribution >= 4 is 35.1 Å². The van der Waals surface area contributed by atoms with Crippen LogP contribution in [-0.2, 0) is 29.8 Å². The highest BCUT2D eigenvalue weighted by Gasteiger charge is 2.26. The lowest BCUT2D eigenvalue weighted by Crippen LogP contribution is -2.26. The van der Waals surface area contributed by atoms with Gasteiger partial charge in [0.2, 0.25) is 0 Å². The van der Waals surface area contributed by atoms with E-state index in [0.717, 1.165) is 28.7 Å². The van der Waals surface area contributed by atoms with Crippen molar-refractivity contribution in [3.8, 4) is 5.75 Å². The third kappa shape index (κ3) is 4.31. The van der Waals surface area contributed by atoms with Crippen LogP contribution in [0.25, 0.3) is 6.08 Å². The van der Waals surface area contributed by atoms with Crippen LogP contribution in [0.1, 0.15) is 46.7 Å². The molecule has 28 heavy (non-hydrogen) atoms. The number of amides is 1. The first kappa shape index (κ1) is 19.6. The van der Waals surface area contributed by atoms with Crippen LogP contribution in [0, 0.1) is 5.92 Å². The summed E-state index contributed by atoms with van der Waals surface area (Å²) in [5, 5.41) is 3.09. The molecule has 1 atom stereocenters. The molecule has 0 radical (unpaired) electrons. The van der Waals surface area contributed by atoms with E-state index in [0.29, 0.717) is 13.2 Å². The number of carbonyl (C=O) groups excluding carboxylic acids is 1. The monoisotopic (exact) mass is 413 g/mol. The predicted octanol–water partition coefficient (Wildman–Crippen LogP) is 5.22. The topological polar surface area (TPSA) is 38.3 Å². The maximum absolute atomic E-state index is 12.6. The number of hydrogen-bond acceptors (Lipinski definition) is 4. The summed E-state index contributed by atoms with van der Waals surface area (Å²) in [6.07, 6.45) is 6.65. The third-order valence-electron chi connectivity index (χ3n) is 5.44. The lowest BCUT2D eigenvalue weighted by Gasteiger charge is -2.19. The van der Waals surface area contributed by atoms with Gasteiger partial charge in [0.25, 0.3) is 5.91 Å². The summed E-state index contributed by atoms with van der Waals surface area (Å²) in [5.41, 5.74) is 4.27. The maximum Gasteiger partial charge on any atom is 0.257 e. The van der Waals surface area contributed by atoms with Gasteiger partial charge in [0.05, 0.1) is 11.5 Å². The fraction of sp³-hybridized carbons (Fsp3) is 0.435. The fourth-order valence-electron chi connectivity index (χ4n) is 3.88. The first-order valence-corrected chi connectivity index (χ1v) is 11.9. The van der Waals surface area contributed by atoms with Crippen molar-refractivity contribution in [2.45, 2.75) is 45.3 Å². The van der Waals surface area contributed by atoms with E-state index in [1.54, 1.807) is 22.2 Å². The van der Waals surface area contributed by atoms with Gasteiger partial charge in [-0.25, -0.2) is 0 Å². The number of carbonyl (C=O) groups is 1. The summed E-state index contributed by atoms with van der Waals surface area (Å²) in [6, 6.07) is 8.10. The number of nitrogens with one attached hydrogen (secondary N) is 1. The molecule has 0 saturated heterocycles. The molecule has 2 heterocycles. The van der Waals surface area contributed by atoms with E-state index in [9.17, 15) is 4.79 Å². The van der Waals surface area contributed by atoms with Crippen molar-refractivity contribution < 1.29 is 9.53 Å². The van der Waals surface area contributed by atoms with Crippen LogP contribution in [-0.4, -0.2) is 19.1 Å². The van der Waals surface area contributed by atoms with Gasteiger partial charge in [0, 0.05) is 22.1 Å². The Kier molecular flexibility index (Phi) is 6.12. The predicted molar refractivity (Wildman–Crippen MR) is 119 cm³/mol. The lowest BCUT2D eigenvalue weighted by atomic mass is 9.88. The standard InChI is InChI=1S/C23H27NO2S2/c1-3-26-17-7-5-16(6-8-17)10-11-24-23(25)22-13-21-19(14-27-22)18-9-4-15(2)12-20(18)28-21/h5-8,13,15H,3-4,9-12,14H2,1-2H3,(H,24,25)/t15-/m1/s1.